The summed E-state index contributed by atoms with van der Waals surface area (Å²) < 4.78 is 135. The highest BCUT2D eigenvalue weighted by Crippen LogP contribution is 2.50. The van der Waals surface area contributed by atoms with Gasteiger partial charge in [0.1, 0.15) is 42.3 Å². The molecule has 0 bridgehead atoms. The monoisotopic (exact) mass is 748 g/mol. The number of nitrogens with two attached hydrogens (primary N) is 1. The molecule has 0 spiro atoms. The van der Waals surface area contributed by atoms with Crippen molar-refractivity contribution >= 4 is 85.4 Å². The van der Waals surface area contributed by atoms with Crippen molar-refractivity contribution in [2.75, 3.05) is 5.73 Å². The molecule has 254 valence electrons. The number of hydrogen-bond acceptors (Lipinski definition) is 17. The van der Waals surface area contributed by atoms with E-state index in [-0.39, 0.29) is 5.69 Å². The number of phenols is 2. The molecule has 0 saturated carbocycles. The third kappa shape index (κ3) is 7.18. The highest BCUT2D eigenvalue weighted by molar-refractivity contribution is 7.86. The van der Waals surface area contributed by atoms with E-state index in [1.807, 2.05) is 0 Å². The van der Waals surface area contributed by atoms with Gasteiger partial charge in [0.25, 0.3) is 46.2 Å². The van der Waals surface area contributed by atoms with Crippen LogP contribution < -0.4 is 5.73 Å². The van der Waals surface area contributed by atoms with Crippen LogP contribution in [-0.4, -0.2) is 67.0 Å². The van der Waals surface area contributed by atoms with E-state index in [0.29, 0.717) is 30.3 Å². The SMILES string of the molecule is Nc1ccc(/N=N/c2c(S(=O)(=O)O)cc3cc(S(=O)(=O)O)c(/N=N/c4ccc([N+](=O)[O-])cc4S(=O)(=O)O)c(O)c3c2O)c(S(=O)(=O)O)c1. The summed E-state index contributed by atoms with van der Waals surface area (Å²) >= 11 is 0. The molecule has 0 fully saturated rings. The first kappa shape index (κ1) is 35.6. The molecular weight excluding hydrogens is 733 g/mol. The summed E-state index contributed by atoms with van der Waals surface area (Å²) in [7, 11) is -21.1. The van der Waals surface area contributed by atoms with Gasteiger partial charge in [-0.05, 0) is 41.8 Å². The Labute approximate surface area is 267 Å². The van der Waals surface area contributed by atoms with Crippen molar-refractivity contribution in [2.45, 2.75) is 19.6 Å². The molecule has 0 unspecified atom stereocenters. The molecule has 4 rings (SSSR count). The minimum atomic E-state index is -5.45. The number of fused-ring (bicyclic) bond motifs is 1. The number of nitro benzene ring substituents is 1. The first-order chi connectivity index (χ1) is 21.9. The predicted molar refractivity (Wildman–Crippen MR) is 159 cm³/mol. The molecule has 0 aliphatic heterocycles. The Kier molecular flexibility index (Phi) is 8.98. The van der Waals surface area contributed by atoms with Crippen molar-refractivity contribution in [1.82, 2.24) is 0 Å². The van der Waals surface area contributed by atoms with Gasteiger partial charge >= 0.3 is 0 Å². The lowest BCUT2D eigenvalue weighted by Gasteiger charge is -2.13. The maximum Gasteiger partial charge on any atom is 0.297 e. The molecule has 22 nitrogen and oxygen atoms in total. The summed E-state index contributed by atoms with van der Waals surface area (Å²) in [5, 5.41) is 45.1. The van der Waals surface area contributed by atoms with Gasteiger partial charge in [-0.25, -0.2) is 0 Å². The first-order valence-corrected chi connectivity index (χ1v) is 17.6. The van der Waals surface area contributed by atoms with Crippen LogP contribution in [0.2, 0.25) is 0 Å². The number of azo groups is 2. The quantitative estimate of drug-likeness (QED) is 0.0423. The predicted octanol–water partition coefficient (Wildman–Crippen LogP) is 3.56. The van der Waals surface area contributed by atoms with Gasteiger partial charge in [0.05, 0.1) is 10.3 Å². The molecule has 4 aromatic carbocycles. The third-order valence-electron chi connectivity index (χ3n) is 6.02. The summed E-state index contributed by atoms with van der Waals surface area (Å²) in [6, 6.07) is 5.32. The minimum absolute atomic E-state index is 0.174. The van der Waals surface area contributed by atoms with E-state index in [1.165, 1.54) is 0 Å². The van der Waals surface area contributed by atoms with Gasteiger partial charge in [0, 0.05) is 17.8 Å². The number of non-ortho nitro benzene ring substituents is 1. The van der Waals surface area contributed by atoms with E-state index < -0.39 is 116 Å². The lowest BCUT2D eigenvalue weighted by atomic mass is 10.1. The zero-order chi connectivity index (χ0) is 36.1. The zero-order valence-electron chi connectivity index (χ0n) is 22.8. The zero-order valence-corrected chi connectivity index (χ0v) is 26.1. The fraction of sp³-hybridized carbons (Fsp3) is 0. The van der Waals surface area contributed by atoms with Gasteiger partial charge < -0.3 is 15.9 Å². The average molecular weight is 749 g/mol. The standard InChI is InChI=1S/C22H16N6O16S4/c23-10-1-3-12(14(7-10)45(33,34)35)24-26-19-16(47(39,40)41)5-9-6-17(48(42,43)44)20(22(30)18(9)21(19)29)27-25-13-4-2-11(28(31)32)8-15(13)46(36,37)38/h1-8,29-30H,23H2,(H,33,34,35)(H,36,37,38)(H,39,40,41)(H,42,43,44)/b26-24+,27-25+. The number of rotatable bonds is 9. The molecule has 0 amide bonds. The van der Waals surface area contributed by atoms with Gasteiger partial charge in [-0.2, -0.15) is 33.7 Å². The van der Waals surface area contributed by atoms with E-state index in [0.717, 1.165) is 18.2 Å². The summed E-state index contributed by atoms with van der Waals surface area (Å²) in [5.74, 6) is -2.81. The molecule has 0 radical (unpaired) electrons. The molecule has 4 aromatic rings. The van der Waals surface area contributed by atoms with Gasteiger partial charge in [-0.15, -0.1) is 20.5 Å². The molecule has 0 aliphatic rings. The second kappa shape index (κ2) is 12.1. The van der Waals surface area contributed by atoms with E-state index in [1.54, 1.807) is 0 Å². The summed E-state index contributed by atoms with van der Waals surface area (Å²) in [5.41, 5.74) is 0.506. The summed E-state index contributed by atoms with van der Waals surface area (Å²) in [6.45, 7) is 0. The number of hydrogen-bond donors (Lipinski definition) is 7. The molecule has 0 aliphatic carbocycles. The lowest BCUT2D eigenvalue weighted by molar-refractivity contribution is -0.385. The molecule has 0 heterocycles. The number of nitrogens with zero attached hydrogens (tertiary/aromatic N) is 5. The second-order valence-corrected chi connectivity index (χ2v) is 14.7. The van der Waals surface area contributed by atoms with E-state index >= 15 is 0 Å². The van der Waals surface area contributed by atoms with Crippen LogP contribution in [0.4, 0.5) is 34.1 Å². The highest BCUT2D eigenvalue weighted by Gasteiger charge is 2.29. The van der Waals surface area contributed by atoms with Crippen molar-refractivity contribution < 1.29 is 67.0 Å². The van der Waals surface area contributed by atoms with Crippen LogP contribution in [0.1, 0.15) is 0 Å². The Morgan fingerprint density at radius 2 is 0.979 bits per heavy atom. The summed E-state index contributed by atoms with van der Waals surface area (Å²) in [4.78, 5) is 5.23. The number of phenolic OH excluding ortho intramolecular Hbond substituents is 2. The van der Waals surface area contributed by atoms with Crippen LogP contribution in [0.5, 0.6) is 11.5 Å². The molecule has 8 N–H and O–H groups in total. The van der Waals surface area contributed by atoms with Crippen LogP contribution in [0, 0.1) is 10.1 Å². The number of aromatic hydroxyl groups is 2. The van der Waals surface area contributed by atoms with Crippen LogP contribution in [0.15, 0.2) is 88.6 Å². The lowest BCUT2D eigenvalue weighted by Crippen LogP contribution is -2.02. The molecular formula is C22H16N6O16S4. The Balaban J connectivity index is 2.07. The van der Waals surface area contributed by atoms with Crippen LogP contribution in [0.25, 0.3) is 10.8 Å². The molecule has 0 saturated heterocycles. The third-order valence-corrected chi connectivity index (χ3v) is 9.52. The van der Waals surface area contributed by atoms with Gasteiger partial charge in [0.15, 0.2) is 11.5 Å². The van der Waals surface area contributed by atoms with Gasteiger partial charge in [-0.1, -0.05) is 0 Å². The molecule has 26 heteroatoms. The maximum absolute atomic E-state index is 12.2. The van der Waals surface area contributed by atoms with E-state index in [4.69, 9.17) is 5.73 Å². The van der Waals surface area contributed by atoms with E-state index in [9.17, 15) is 72.2 Å². The normalized spacial score (nSPS) is 13.1. The van der Waals surface area contributed by atoms with Crippen molar-refractivity contribution in [3.8, 4) is 11.5 Å². The number of nitrogen functional groups attached to an aromatic ring is 1. The smallest absolute Gasteiger partial charge is 0.297 e. The number of anilines is 1. The molecule has 0 atom stereocenters. The Bertz CT molecular complexity index is 2570. The minimum Gasteiger partial charge on any atom is -0.505 e. The maximum atomic E-state index is 12.2. The molecule has 0 aromatic heterocycles. The van der Waals surface area contributed by atoms with Crippen molar-refractivity contribution in [1.29, 1.82) is 0 Å². The topological polar surface area (TPSA) is 377 Å². The van der Waals surface area contributed by atoms with Crippen molar-refractivity contribution in [2.24, 2.45) is 20.5 Å². The Morgan fingerprint density at radius 3 is 1.38 bits per heavy atom. The van der Waals surface area contributed by atoms with Crippen LogP contribution in [-0.2, 0) is 40.5 Å². The largest absolute Gasteiger partial charge is 0.505 e. The van der Waals surface area contributed by atoms with E-state index in [2.05, 4.69) is 20.5 Å². The van der Waals surface area contributed by atoms with Crippen LogP contribution >= 0.6 is 0 Å². The average Bonchev–Trinajstić information content (AvgIpc) is 2.94. The fourth-order valence-electron chi connectivity index (χ4n) is 3.98. The number of benzene rings is 4. The second-order valence-electron chi connectivity index (χ2n) is 9.18. The number of nitro groups is 1. The Morgan fingerprint density at radius 1 is 0.583 bits per heavy atom. The van der Waals surface area contributed by atoms with Crippen molar-refractivity contribution in [3.05, 3.63) is 58.6 Å². The van der Waals surface area contributed by atoms with Crippen LogP contribution in [0.3, 0.4) is 0 Å². The van der Waals surface area contributed by atoms with Crippen molar-refractivity contribution in [3.63, 3.8) is 0 Å². The highest BCUT2D eigenvalue weighted by atomic mass is 32.2. The Hall–Kier alpha value is -5.22. The van der Waals surface area contributed by atoms with Gasteiger partial charge in [-0.3, -0.25) is 28.3 Å². The fourth-order valence-corrected chi connectivity index (χ4v) is 6.60. The summed E-state index contributed by atoms with van der Waals surface area (Å²) in [6.07, 6.45) is 0. The first-order valence-electron chi connectivity index (χ1n) is 11.9. The van der Waals surface area contributed by atoms with Gasteiger partial charge in [0.2, 0.25) is 0 Å². The molecule has 48 heavy (non-hydrogen) atoms.